The highest BCUT2D eigenvalue weighted by Crippen LogP contribution is 2.32. The molecule has 0 fully saturated rings. The molecule has 3 aromatic carbocycles. The minimum absolute atomic E-state index is 0.182. The zero-order valence-corrected chi connectivity index (χ0v) is 20.4. The maximum absolute atomic E-state index is 13.9. The number of benzene rings is 3. The molecule has 6 heteroatoms. The molecule has 0 amide bonds. The van der Waals surface area contributed by atoms with Crippen LogP contribution in [0.3, 0.4) is 0 Å². The van der Waals surface area contributed by atoms with Crippen molar-refractivity contribution in [1.29, 1.82) is 0 Å². The lowest BCUT2D eigenvalue weighted by atomic mass is 10.1. The van der Waals surface area contributed by atoms with Crippen molar-refractivity contribution in [2.45, 2.75) is 45.9 Å². The van der Waals surface area contributed by atoms with Crippen LogP contribution in [0.5, 0.6) is 11.6 Å². The van der Waals surface area contributed by atoms with E-state index in [-0.39, 0.29) is 11.9 Å². The number of halogens is 1. The summed E-state index contributed by atoms with van der Waals surface area (Å²) in [4.78, 5) is 2.21. The Morgan fingerprint density at radius 1 is 0.971 bits per heavy atom. The number of nitrogens with zero attached hydrogens (tertiary/aromatic N) is 3. The van der Waals surface area contributed by atoms with Gasteiger partial charge >= 0.3 is 0 Å². The van der Waals surface area contributed by atoms with E-state index < -0.39 is 6.10 Å². The Labute approximate surface area is 206 Å². The number of aliphatic hydroxyl groups excluding tert-OH is 1. The number of rotatable bonds is 10. The first kappa shape index (κ1) is 24.6. The fraction of sp³-hybridized carbons (Fsp3) is 0.276. The Morgan fingerprint density at radius 3 is 2.31 bits per heavy atom. The molecule has 0 aliphatic carbocycles. The Hall–Kier alpha value is -3.48. The molecule has 1 aromatic heterocycles. The lowest BCUT2D eigenvalue weighted by molar-refractivity contribution is 0.0902. The van der Waals surface area contributed by atoms with Gasteiger partial charge in [-0.1, -0.05) is 54.6 Å². The lowest BCUT2D eigenvalue weighted by Crippen LogP contribution is -2.38. The second kappa shape index (κ2) is 11.3. The highest BCUT2D eigenvalue weighted by molar-refractivity contribution is 5.43. The number of ether oxygens (including phenoxy) is 1. The first-order chi connectivity index (χ1) is 16.9. The summed E-state index contributed by atoms with van der Waals surface area (Å²) in [6.07, 6.45) is 0.0655. The van der Waals surface area contributed by atoms with Gasteiger partial charge < -0.3 is 9.84 Å². The molecule has 0 saturated heterocycles. The Bertz CT molecular complexity index is 1230. The first-order valence-electron chi connectivity index (χ1n) is 11.9. The minimum Gasteiger partial charge on any atom is -0.438 e. The van der Waals surface area contributed by atoms with Crippen molar-refractivity contribution < 1.29 is 14.2 Å². The molecular formula is C29H32FN3O2. The third-order valence-corrected chi connectivity index (χ3v) is 6.00. The van der Waals surface area contributed by atoms with Crippen LogP contribution in [-0.4, -0.2) is 38.5 Å². The van der Waals surface area contributed by atoms with Crippen molar-refractivity contribution in [3.63, 3.8) is 0 Å². The molecule has 0 spiro atoms. The van der Waals surface area contributed by atoms with Crippen LogP contribution in [0.4, 0.5) is 4.39 Å². The lowest BCUT2D eigenvalue weighted by Gasteiger charge is -2.29. The highest BCUT2D eigenvalue weighted by atomic mass is 19.1. The van der Waals surface area contributed by atoms with Gasteiger partial charge in [-0.05, 0) is 57.0 Å². The number of hydrogen-bond acceptors (Lipinski definition) is 4. The number of aromatic nitrogens is 2. The van der Waals surface area contributed by atoms with Crippen molar-refractivity contribution in [2.75, 3.05) is 6.54 Å². The van der Waals surface area contributed by atoms with Crippen LogP contribution in [-0.2, 0) is 13.0 Å². The molecule has 5 nitrogen and oxygen atoms in total. The smallest absolute Gasteiger partial charge is 0.227 e. The summed E-state index contributed by atoms with van der Waals surface area (Å²) >= 11 is 0. The molecule has 1 atom stereocenters. The molecule has 0 radical (unpaired) electrons. The minimum atomic E-state index is -0.517. The van der Waals surface area contributed by atoms with Gasteiger partial charge in [0.1, 0.15) is 11.6 Å². The van der Waals surface area contributed by atoms with Gasteiger partial charge in [0, 0.05) is 25.2 Å². The van der Waals surface area contributed by atoms with E-state index in [0.29, 0.717) is 31.1 Å². The molecule has 4 rings (SSSR count). The molecule has 0 unspecified atom stereocenters. The number of hydrogen-bond donors (Lipinski definition) is 1. The molecule has 0 bridgehead atoms. The van der Waals surface area contributed by atoms with Crippen molar-refractivity contribution >= 4 is 0 Å². The van der Waals surface area contributed by atoms with Gasteiger partial charge in [-0.25, -0.2) is 9.07 Å². The highest BCUT2D eigenvalue weighted by Gasteiger charge is 2.24. The third kappa shape index (κ3) is 6.35. The topological polar surface area (TPSA) is 50.5 Å². The van der Waals surface area contributed by atoms with E-state index in [2.05, 4.69) is 18.7 Å². The summed E-state index contributed by atoms with van der Waals surface area (Å²) in [5, 5.41) is 15.6. The van der Waals surface area contributed by atoms with E-state index in [1.165, 1.54) is 12.1 Å². The maximum atomic E-state index is 13.9. The fourth-order valence-electron chi connectivity index (χ4n) is 4.09. The van der Waals surface area contributed by atoms with E-state index in [9.17, 15) is 9.50 Å². The van der Waals surface area contributed by atoms with E-state index in [0.717, 1.165) is 22.5 Å². The summed E-state index contributed by atoms with van der Waals surface area (Å²) in [5.74, 6) is 0.588. The standard InChI is InChI=1S/C29H32FN3O2/c1-21(2)32(19-26(34)17-23-11-6-4-7-12-23)20-28-22(3)31-33(25-14-8-5-9-15-25)29(28)35-27-16-10-13-24(30)18-27/h4-16,18,21,26,34H,17,19-20H2,1-3H3/t26-/m0/s1. The van der Waals surface area contributed by atoms with Gasteiger partial charge in [0.15, 0.2) is 0 Å². The second-order valence-corrected chi connectivity index (χ2v) is 9.04. The normalized spacial score (nSPS) is 12.3. The van der Waals surface area contributed by atoms with E-state index in [1.807, 2.05) is 67.6 Å². The molecule has 1 heterocycles. The predicted octanol–water partition coefficient (Wildman–Crippen LogP) is 5.93. The number of aryl methyl sites for hydroxylation is 1. The van der Waals surface area contributed by atoms with Crippen LogP contribution in [0.15, 0.2) is 84.9 Å². The van der Waals surface area contributed by atoms with E-state index in [4.69, 9.17) is 9.84 Å². The second-order valence-electron chi connectivity index (χ2n) is 9.04. The monoisotopic (exact) mass is 473 g/mol. The molecule has 1 N–H and O–H groups in total. The number of aliphatic hydroxyl groups is 1. The van der Waals surface area contributed by atoms with Gasteiger partial charge in [0.2, 0.25) is 5.88 Å². The van der Waals surface area contributed by atoms with Crippen molar-refractivity contribution in [3.05, 3.63) is 108 Å². The van der Waals surface area contributed by atoms with Gasteiger partial charge in [0.05, 0.1) is 23.0 Å². The van der Waals surface area contributed by atoms with Crippen molar-refractivity contribution in [1.82, 2.24) is 14.7 Å². The van der Waals surface area contributed by atoms with Crippen molar-refractivity contribution in [2.24, 2.45) is 0 Å². The van der Waals surface area contributed by atoms with Crippen LogP contribution in [0, 0.1) is 12.7 Å². The van der Waals surface area contributed by atoms with E-state index >= 15 is 0 Å². The summed E-state index contributed by atoms with van der Waals surface area (Å²) < 4.78 is 21.9. The molecule has 0 aliphatic rings. The van der Waals surface area contributed by atoms with Crippen LogP contribution in [0.25, 0.3) is 5.69 Å². The summed E-state index contributed by atoms with van der Waals surface area (Å²) in [5.41, 5.74) is 3.68. The molecule has 0 saturated carbocycles. The van der Waals surface area contributed by atoms with Crippen LogP contribution in [0.1, 0.15) is 30.7 Å². The molecule has 35 heavy (non-hydrogen) atoms. The number of para-hydroxylation sites is 1. The van der Waals surface area contributed by atoms with Crippen molar-refractivity contribution in [3.8, 4) is 17.3 Å². The average molecular weight is 474 g/mol. The SMILES string of the molecule is Cc1nn(-c2ccccc2)c(Oc2cccc(F)c2)c1CN(C[C@@H](O)Cc1ccccc1)C(C)C. The third-order valence-electron chi connectivity index (χ3n) is 6.00. The first-order valence-corrected chi connectivity index (χ1v) is 11.9. The summed E-state index contributed by atoms with van der Waals surface area (Å²) in [6.45, 7) is 7.21. The van der Waals surface area contributed by atoms with Crippen LogP contribution < -0.4 is 4.74 Å². The molecular weight excluding hydrogens is 441 g/mol. The van der Waals surface area contributed by atoms with Crippen LogP contribution >= 0.6 is 0 Å². The van der Waals surface area contributed by atoms with Crippen LogP contribution in [0.2, 0.25) is 0 Å². The van der Waals surface area contributed by atoms with Gasteiger partial charge in [0.25, 0.3) is 0 Å². The zero-order valence-electron chi connectivity index (χ0n) is 20.4. The maximum Gasteiger partial charge on any atom is 0.227 e. The Balaban J connectivity index is 1.64. The Kier molecular flexibility index (Phi) is 7.95. The van der Waals surface area contributed by atoms with Gasteiger partial charge in [-0.15, -0.1) is 0 Å². The predicted molar refractivity (Wildman–Crippen MR) is 136 cm³/mol. The molecule has 182 valence electrons. The average Bonchev–Trinajstić information content (AvgIpc) is 3.14. The summed E-state index contributed by atoms with van der Waals surface area (Å²) in [7, 11) is 0. The van der Waals surface area contributed by atoms with Gasteiger partial charge in [-0.3, -0.25) is 4.90 Å². The fourth-order valence-corrected chi connectivity index (χ4v) is 4.09. The quantitative estimate of drug-likeness (QED) is 0.310. The Morgan fingerprint density at radius 2 is 1.66 bits per heavy atom. The molecule has 0 aliphatic heterocycles. The largest absolute Gasteiger partial charge is 0.438 e. The van der Waals surface area contributed by atoms with Gasteiger partial charge in [-0.2, -0.15) is 5.10 Å². The zero-order chi connectivity index (χ0) is 24.8. The van der Waals surface area contributed by atoms with E-state index in [1.54, 1.807) is 16.8 Å². The summed E-state index contributed by atoms with van der Waals surface area (Å²) in [6, 6.07) is 26.0. The molecule has 4 aromatic rings.